The van der Waals surface area contributed by atoms with Gasteiger partial charge in [0.1, 0.15) is 5.65 Å². The van der Waals surface area contributed by atoms with Crippen molar-refractivity contribution < 1.29 is 0 Å². The molecular weight excluding hydrogens is 344 g/mol. The molecule has 0 aliphatic rings. The molecular formula is C17H19ClN4OS. The zero-order valence-electron chi connectivity index (χ0n) is 14.1. The fourth-order valence-corrected chi connectivity index (χ4v) is 3.81. The van der Waals surface area contributed by atoms with E-state index in [9.17, 15) is 4.79 Å². The molecule has 0 spiro atoms. The molecule has 0 saturated heterocycles. The molecule has 24 heavy (non-hydrogen) atoms. The predicted octanol–water partition coefficient (Wildman–Crippen LogP) is 3.61. The summed E-state index contributed by atoms with van der Waals surface area (Å²) in [5, 5.41) is 1.58. The van der Waals surface area contributed by atoms with Crippen LogP contribution < -0.4 is 5.56 Å². The van der Waals surface area contributed by atoms with Crippen LogP contribution in [0.25, 0.3) is 5.65 Å². The van der Waals surface area contributed by atoms with E-state index in [1.165, 1.54) is 9.28 Å². The van der Waals surface area contributed by atoms with Crippen molar-refractivity contribution >= 4 is 28.6 Å². The number of thiazole rings is 1. The highest BCUT2D eigenvalue weighted by molar-refractivity contribution is 7.11. The number of rotatable bonds is 4. The lowest BCUT2D eigenvalue weighted by molar-refractivity contribution is 0.245. The van der Waals surface area contributed by atoms with Crippen molar-refractivity contribution in [3.63, 3.8) is 0 Å². The third kappa shape index (κ3) is 3.36. The first-order valence-corrected chi connectivity index (χ1v) is 8.86. The van der Waals surface area contributed by atoms with Crippen molar-refractivity contribution in [2.45, 2.75) is 33.4 Å². The van der Waals surface area contributed by atoms with Gasteiger partial charge in [-0.25, -0.2) is 9.97 Å². The fraction of sp³-hybridized carbons (Fsp3) is 0.353. The number of fused-ring (bicyclic) bond motifs is 1. The van der Waals surface area contributed by atoms with E-state index in [-0.39, 0.29) is 11.6 Å². The second-order valence-corrected chi connectivity index (χ2v) is 7.77. The third-order valence-electron chi connectivity index (χ3n) is 4.08. The second kappa shape index (κ2) is 6.63. The summed E-state index contributed by atoms with van der Waals surface area (Å²) in [6, 6.07) is 5.21. The summed E-state index contributed by atoms with van der Waals surface area (Å²) in [5.74, 6) is 0. The molecule has 0 fully saturated rings. The van der Waals surface area contributed by atoms with Crippen molar-refractivity contribution in [1.82, 2.24) is 19.3 Å². The fourth-order valence-electron chi connectivity index (χ4n) is 2.74. The number of pyridine rings is 1. The maximum absolute atomic E-state index is 12.3. The van der Waals surface area contributed by atoms with Crippen molar-refractivity contribution in [1.29, 1.82) is 0 Å². The van der Waals surface area contributed by atoms with Crippen LogP contribution in [0.5, 0.6) is 0 Å². The van der Waals surface area contributed by atoms with Gasteiger partial charge in [0.25, 0.3) is 5.56 Å². The first-order valence-electron chi connectivity index (χ1n) is 7.67. The smallest absolute Gasteiger partial charge is 0.258 e. The summed E-state index contributed by atoms with van der Waals surface area (Å²) in [5.41, 5.74) is 2.30. The minimum Gasteiger partial charge on any atom is -0.292 e. The first-order chi connectivity index (χ1) is 11.3. The molecule has 1 unspecified atom stereocenters. The third-order valence-corrected chi connectivity index (χ3v) is 5.21. The lowest BCUT2D eigenvalue weighted by Gasteiger charge is -2.23. The van der Waals surface area contributed by atoms with Crippen LogP contribution in [0.1, 0.15) is 34.2 Å². The molecule has 7 heteroatoms. The Bertz CT molecular complexity index is 949. The molecule has 0 radical (unpaired) electrons. The Kier molecular flexibility index (Phi) is 4.71. The van der Waals surface area contributed by atoms with Crippen LogP contribution in [0.15, 0.2) is 29.2 Å². The monoisotopic (exact) mass is 362 g/mol. The normalized spacial score (nSPS) is 12.9. The molecule has 126 valence electrons. The van der Waals surface area contributed by atoms with Gasteiger partial charge in [-0.1, -0.05) is 11.6 Å². The van der Waals surface area contributed by atoms with Gasteiger partial charge >= 0.3 is 0 Å². The number of aromatic nitrogens is 3. The number of nitrogens with zero attached hydrogens (tertiary/aromatic N) is 4. The highest BCUT2D eigenvalue weighted by atomic mass is 35.5. The molecule has 5 nitrogen and oxygen atoms in total. The van der Waals surface area contributed by atoms with Crippen molar-refractivity contribution in [3.05, 3.63) is 61.0 Å². The van der Waals surface area contributed by atoms with Crippen molar-refractivity contribution in [2.24, 2.45) is 0 Å². The predicted molar refractivity (Wildman–Crippen MR) is 97.9 cm³/mol. The van der Waals surface area contributed by atoms with Crippen molar-refractivity contribution in [2.75, 3.05) is 7.05 Å². The Labute approximate surface area is 149 Å². The molecule has 0 aliphatic carbocycles. The number of aryl methyl sites for hydroxylation is 2. The molecule has 0 aliphatic heterocycles. The SMILES string of the molecule is Cc1nc(C(C)N(C)Cc2cc(=O)n3cc(Cl)ccc3n2)c(C)s1. The van der Waals surface area contributed by atoms with Crippen LogP contribution in [-0.2, 0) is 6.54 Å². The van der Waals surface area contributed by atoms with Gasteiger partial charge in [0, 0.05) is 23.7 Å². The molecule has 0 bridgehead atoms. The topological polar surface area (TPSA) is 50.5 Å². The van der Waals surface area contributed by atoms with E-state index in [1.807, 2.05) is 14.0 Å². The summed E-state index contributed by atoms with van der Waals surface area (Å²) in [4.78, 5) is 24.8. The molecule has 1 atom stereocenters. The zero-order valence-corrected chi connectivity index (χ0v) is 15.6. The van der Waals surface area contributed by atoms with Crippen LogP contribution in [-0.4, -0.2) is 26.3 Å². The van der Waals surface area contributed by atoms with E-state index in [4.69, 9.17) is 11.6 Å². The summed E-state index contributed by atoms with van der Waals surface area (Å²) in [7, 11) is 2.02. The largest absolute Gasteiger partial charge is 0.292 e. The maximum atomic E-state index is 12.3. The van der Waals surface area contributed by atoms with Gasteiger partial charge in [-0.15, -0.1) is 11.3 Å². The van der Waals surface area contributed by atoms with Gasteiger partial charge in [0.15, 0.2) is 0 Å². The van der Waals surface area contributed by atoms with Crippen molar-refractivity contribution in [3.8, 4) is 0 Å². The Morgan fingerprint density at radius 3 is 2.75 bits per heavy atom. The highest BCUT2D eigenvalue weighted by Gasteiger charge is 2.18. The highest BCUT2D eigenvalue weighted by Crippen LogP contribution is 2.26. The summed E-state index contributed by atoms with van der Waals surface area (Å²) >= 11 is 7.65. The van der Waals surface area contributed by atoms with Gasteiger partial charge in [0.05, 0.1) is 27.5 Å². The van der Waals surface area contributed by atoms with E-state index < -0.39 is 0 Å². The Morgan fingerprint density at radius 1 is 1.33 bits per heavy atom. The minimum atomic E-state index is -0.126. The number of halogens is 1. The Hall–Kier alpha value is -1.76. The summed E-state index contributed by atoms with van der Waals surface area (Å²) < 4.78 is 1.46. The van der Waals surface area contributed by atoms with Gasteiger partial charge in [-0.2, -0.15) is 0 Å². The maximum Gasteiger partial charge on any atom is 0.258 e. The molecule has 0 amide bonds. The number of hydrogen-bond acceptors (Lipinski definition) is 5. The van der Waals surface area contributed by atoms with Gasteiger partial charge in [-0.3, -0.25) is 14.1 Å². The summed E-state index contributed by atoms with van der Waals surface area (Å²) in [6.45, 7) is 6.81. The standard InChI is InChI=1S/C17H19ClN4OS/c1-10(17-11(2)24-12(3)19-17)21(4)9-14-7-16(23)22-8-13(18)5-6-15(22)20-14/h5-8,10H,9H2,1-4H3. The summed E-state index contributed by atoms with van der Waals surface area (Å²) in [6.07, 6.45) is 1.59. The van der Waals surface area contributed by atoms with E-state index in [0.717, 1.165) is 16.4 Å². The molecule has 0 N–H and O–H groups in total. The molecule has 0 aromatic carbocycles. The lowest BCUT2D eigenvalue weighted by Crippen LogP contribution is -2.25. The second-order valence-electron chi connectivity index (χ2n) is 5.93. The average molecular weight is 363 g/mol. The van der Waals surface area contributed by atoms with Crippen LogP contribution in [0.4, 0.5) is 0 Å². The van der Waals surface area contributed by atoms with Crippen LogP contribution in [0, 0.1) is 13.8 Å². The Balaban J connectivity index is 1.87. The van der Waals surface area contributed by atoms with Gasteiger partial charge in [0.2, 0.25) is 0 Å². The molecule has 3 rings (SSSR count). The van der Waals surface area contributed by atoms with Crippen LogP contribution >= 0.6 is 22.9 Å². The molecule has 0 saturated carbocycles. The quantitative estimate of drug-likeness (QED) is 0.711. The van der Waals surface area contributed by atoms with E-state index >= 15 is 0 Å². The number of hydrogen-bond donors (Lipinski definition) is 0. The molecule has 3 heterocycles. The lowest BCUT2D eigenvalue weighted by atomic mass is 10.2. The molecule has 3 aromatic rings. The van der Waals surface area contributed by atoms with Gasteiger partial charge in [-0.05, 0) is 40.0 Å². The average Bonchev–Trinajstić information content (AvgIpc) is 2.86. The van der Waals surface area contributed by atoms with Gasteiger partial charge < -0.3 is 0 Å². The Morgan fingerprint density at radius 2 is 2.08 bits per heavy atom. The minimum absolute atomic E-state index is 0.126. The van der Waals surface area contributed by atoms with E-state index in [1.54, 1.807) is 35.7 Å². The van der Waals surface area contributed by atoms with Crippen LogP contribution in [0.3, 0.4) is 0 Å². The van der Waals surface area contributed by atoms with E-state index in [2.05, 4.69) is 28.7 Å². The zero-order chi connectivity index (χ0) is 17.4. The molecule has 3 aromatic heterocycles. The van der Waals surface area contributed by atoms with Crippen LogP contribution in [0.2, 0.25) is 5.02 Å². The van der Waals surface area contributed by atoms with E-state index in [0.29, 0.717) is 17.2 Å². The first kappa shape index (κ1) is 17.1.